The summed E-state index contributed by atoms with van der Waals surface area (Å²) in [5.41, 5.74) is 1.15. The van der Waals surface area contributed by atoms with Crippen LogP contribution in [0.1, 0.15) is 34.8 Å². The molecule has 0 bridgehead atoms. The van der Waals surface area contributed by atoms with E-state index in [0.29, 0.717) is 11.5 Å². The Bertz CT molecular complexity index is 952. The molecule has 1 heterocycles. The normalized spacial score (nSPS) is 11.8. The number of nitro benzene ring substituents is 1. The van der Waals surface area contributed by atoms with Crippen molar-refractivity contribution in [1.82, 2.24) is 10.2 Å². The summed E-state index contributed by atoms with van der Waals surface area (Å²) >= 11 is 0. The van der Waals surface area contributed by atoms with Gasteiger partial charge in [-0.05, 0) is 32.0 Å². The molecule has 8 heteroatoms. The molecule has 0 aliphatic carbocycles. The van der Waals surface area contributed by atoms with Gasteiger partial charge in [-0.2, -0.15) is 0 Å². The number of hydrogen-bond acceptors (Lipinski definition) is 7. The highest BCUT2D eigenvalue weighted by Gasteiger charge is 2.22. The predicted octanol–water partition coefficient (Wildman–Crippen LogP) is 3.87. The van der Waals surface area contributed by atoms with Gasteiger partial charge in [0.25, 0.3) is 11.6 Å². The monoisotopic (exact) mass is 353 g/mol. The Morgan fingerprint density at radius 3 is 2.62 bits per heavy atom. The highest BCUT2D eigenvalue weighted by molar-refractivity contribution is 5.90. The lowest BCUT2D eigenvalue weighted by molar-refractivity contribution is -0.385. The van der Waals surface area contributed by atoms with Crippen molar-refractivity contribution in [2.75, 3.05) is 0 Å². The van der Waals surface area contributed by atoms with Gasteiger partial charge >= 0.3 is 5.97 Å². The van der Waals surface area contributed by atoms with Crippen LogP contribution in [0, 0.1) is 17.0 Å². The lowest BCUT2D eigenvalue weighted by Gasteiger charge is -2.09. The predicted molar refractivity (Wildman–Crippen MR) is 91.4 cm³/mol. The van der Waals surface area contributed by atoms with Gasteiger partial charge in [0.15, 0.2) is 6.10 Å². The van der Waals surface area contributed by atoms with E-state index in [0.717, 1.165) is 5.56 Å². The quantitative estimate of drug-likeness (QED) is 0.389. The molecule has 2 aromatic carbocycles. The van der Waals surface area contributed by atoms with Crippen molar-refractivity contribution >= 4 is 11.7 Å². The number of carbonyl (C=O) groups is 1. The number of aryl methyl sites for hydroxylation is 1. The standard InChI is InChI=1S/C18H15N3O5/c1-11-8-9-14(10-15(11)21(23)24)18(22)25-12(2)16-19-20-17(26-16)13-6-4-3-5-7-13/h3-10,12H,1-2H3/t12-/m1/s1. The minimum absolute atomic E-state index is 0.0805. The van der Waals surface area contributed by atoms with E-state index in [1.165, 1.54) is 18.2 Å². The van der Waals surface area contributed by atoms with Gasteiger partial charge in [-0.1, -0.05) is 24.3 Å². The molecule has 0 aliphatic heterocycles. The number of benzene rings is 2. The molecule has 26 heavy (non-hydrogen) atoms. The largest absolute Gasteiger partial charge is 0.449 e. The van der Waals surface area contributed by atoms with E-state index in [-0.39, 0.29) is 17.1 Å². The molecule has 0 fully saturated rings. The second-order valence-electron chi connectivity index (χ2n) is 5.62. The average molecular weight is 353 g/mol. The fourth-order valence-electron chi connectivity index (χ4n) is 2.31. The van der Waals surface area contributed by atoms with Gasteiger partial charge in [0.05, 0.1) is 10.5 Å². The van der Waals surface area contributed by atoms with Crippen LogP contribution in [-0.4, -0.2) is 21.1 Å². The number of ether oxygens (including phenoxy) is 1. The van der Waals surface area contributed by atoms with Gasteiger partial charge in [-0.25, -0.2) is 4.79 Å². The topological polar surface area (TPSA) is 108 Å². The summed E-state index contributed by atoms with van der Waals surface area (Å²) in [7, 11) is 0. The maximum absolute atomic E-state index is 12.3. The summed E-state index contributed by atoms with van der Waals surface area (Å²) < 4.78 is 10.8. The van der Waals surface area contributed by atoms with Crippen LogP contribution in [0.15, 0.2) is 52.9 Å². The highest BCUT2D eigenvalue weighted by atomic mass is 16.6. The van der Waals surface area contributed by atoms with Crippen molar-refractivity contribution in [2.24, 2.45) is 0 Å². The van der Waals surface area contributed by atoms with Crippen LogP contribution in [0.2, 0.25) is 0 Å². The Labute approximate surface area is 148 Å². The minimum Gasteiger partial charge on any atom is -0.449 e. The van der Waals surface area contributed by atoms with E-state index in [4.69, 9.17) is 9.15 Å². The summed E-state index contributed by atoms with van der Waals surface area (Å²) in [6, 6.07) is 13.3. The third-order valence-electron chi connectivity index (χ3n) is 3.73. The second kappa shape index (κ2) is 7.14. The molecule has 0 N–H and O–H groups in total. The second-order valence-corrected chi connectivity index (χ2v) is 5.62. The molecule has 3 rings (SSSR count). The zero-order valence-corrected chi connectivity index (χ0v) is 14.1. The fraction of sp³-hybridized carbons (Fsp3) is 0.167. The first-order valence-electron chi connectivity index (χ1n) is 7.80. The maximum Gasteiger partial charge on any atom is 0.339 e. The smallest absolute Gasteiger partial charge is 0.339 e. The van der Waals surface area contributed by atoms with E-state index >= 15 is 0 Å². The SMILES string of the molecule is Cc1ccc(C(=O)O[C@H](C)c2nnc(-c3ccccc3)o2)cc1[N+](=O)[O-]. The molecular formula is C18H15N3O5. The van der Waals surface area contributed by atoms with E-state index in [9.17, 15) is 14.9 Å². The average Bonchev–Trinajstić information content (AvgIpc) is 3.13. The molecule has 0 amide bonds. The van der Waals surface area contributed by atoms with Crippen LogP contribution in [0.25, 0.3) is 11.5 Å². The lowest BCUT2D eigenvalue weighted by atomic mass is 10.1. The number of nitro groups is 1. The molecule has 0 unspecified atom stereocenters. The van der Waals surface area contributed by atoms with E-state index in [2.05, 4.69) is 10.2 Å². The van der Waals surface area contributed by atoms with Crippen LogP contribution >= 0.6 is 0 Å². The molecule has 3 aromatic rings. The Hall–Kier alpha value is -3.55. The first kappa shape index (κ1) is 17.3. The van der Waals surface area contributed by atoms with Crippen LogP contribution in [0.3, 0.4) is 0 Å². The fourth-order valence-corrected chi connectivity index (χ4v) is 2.31. The molecular weight excluding hydrogens is 338 g/mol. The van der Waals surface area contributed by atoms with Gasteiger partial charge in [0.2, 0.25) is 5.89 Å². The number of hydrogen-bond donors (Lipinski definition) is 0. The first-order valence-corrected chi connectivity index (χ1v) is 7.80. The number of carbonyl (C=O) groups excluding carboxylic acids is 1. The molecule has 0 radical (unpaired) electrons. The summed E-state index contributed by atoms with van der Waals surface area (Å²) in [4.78, 5) is 22.7. The third kappa shape index (κ3) is 3.59. The molecule has 0 aliphatic rings. The Kier molecular flexibility index (Phi) is 4.74. The lowest BCUT2D eigenvalue weighted by Crippen LogP contribution is -2.10. The van der Waals surface area contributed by atoms with Crippen LogP contribution in [0.5, 0.6) is 0 Å². The number of aromatic nitrogens is 2. The van der Waals surface area contributed by atoms with Crippen molar-refractivity contribution < 1.29 is 18.9 Å². The summed E-state index contributed by atoms with van der Waals surface area (Å²) in [6.45, 7) is 3.18. The van der Waals surface area contributed by atoms with Gasteiger partial charge in [-0.3, -0.25) is 10.1 Å². The number of rotatable bonds is 5. The maximum atomic E-state index is 12.3. The van der Waals surface area contributed by atoms with Crippen molar-refractivity contribution in [1.29, 1.82) is 0 Å². The first-order chi connectivity index (χ1) is 12.5. The van der Waals surface area contributed by atoms with Gasteiger partial charge in [-0.15, -0.1) is 10.2 Å². The van der Waals surface area contributed by atoms with Crippen molar-refractivity contribution in [3.63, 3.8) is 0 Å². The number of esters is 1. The number of nitrogens with zero attached hydrogens (tertiary/aromatic N) is 3. The van der Waals surface area contributed by atoms with E-state index < -0.39 is 17.0 Å². The minimum atomic E-state index is -0.798. The van der Waals surface area contributed by atoms with E-state index in [1.54, 1.807) is 13.8 Å². The van der Waals surface area contributed by atoms with Crippen molar-refractivity contribution in [3.8, 4) is 11.5 Å². The zero-order chi connectivity index (χ0) is 18.7. The van der Waals surface area contributed by atoms with Crippen LogP contribution in [0.4, 0.5) is 5.69 Å². The van der Waals surface area contributed by atoms with Crippen LogP contribution < -0.4 is 0 Å². The molecule has 0 saturated heterocycles. The van der Waals surface area contributed by atoms with Crippen molar-refractivity contribution in [3.05, 3.63) is 75.7 Å². The molecule has 0 spiro atoms. The van der Waals surface area contributed by atoms with Crippen molar-refractivity contribution in [2.45, 2.75) is 20.0 Å². The molecule has 8 nitrogen and oxygen atoms in total. The summed E-state index contributed by atoms with van der Waals surface area (Å²) in [5.74, 6) is -0.256. The molecule has 0 saturated carbocycles. The summed E-state index contributed by atoms with van der Waals surface area (Å²) in [5, 5.41) is 18.8. The molecule has 132 valence electrons. The van der Waals surface area contributed by atoms with Gasteiger partial charge in [0.1, 0.15) is 0 Å². The van der Waals surface area contributed by atoms with Gasteiger partial charge in [0, 0.05) is 17.2 Å². The van der Waals surface area contributed by atoms with E-state index in [1.807, 2.05) is 30.3 Å². The summed E-state index contributed by atoms with van der Waals surface area (Å²) in [6.07, 6.45) is -0.798. The molecule has 1 atom stereocenters. The van der Waals surface area contributed by atoms with Gasteiger partial charge < -0.3 is 9.15 Å². The molecule has 1 aromatic heterocycles. The Morgan fingerprint density at radius 2 is 1.92 bits per heavy atom. The zero-order valence-electron chi connectivity index (χ0n) is 14.1. The highest BCUT2D eigenvalue weighted by Crippen LogP contribution is 2.24. The Balaban J connectivity index is 1.75. The third-order valence-corrected chi connectivity index (χ3v) is 3.73. The van der Waals surface area contributed by atoms with Crippen LogP contribution in [-0.2, 0) is 4.74 Å². The Morgan fingerprint density at radius 1 is 1.19 bits per heavy atom.